The molecule has 0 spiro atoms. The molecule has 1 aromatic heterocycles. The fraction of sp³-hybridized carbons (Fsp3) is 0.400. The van der Waals surface area contributed by atoms with Gasteiger partial charge in [-0.15, -0.1) is 0 Å². The average molecular weight is 391 g/mol. The first kappa shape index (κ1) is 16.8. The zero-order valence-electron chi connectivity index (χ0n) is 12.0. The molecule has 1 heterocycles. The minimum absolute atomic E-state index is 0.0227. The SMILES string of the molecule is CCCNC(c1ccc(Br)c(Cl)c1)c1c(Cl)cnn1CC. The van der Waals surface area contributed by atoms with Crippen molar-refractivity contribution in [1.29, 1.82) is 0 Å². The van der Waals surface area contributed by atoms with Crippen LogP contribution in [0.1, 0.15) is 37.6 Å². The number of hydrogen-bond donors (Lipinski definition) is 1. The van der Waals surface area contributed by atoms with Crippen LogP contribution in [0, 0.1) is 0 Å². The second-order valence-corrected chi connectivity index (χ2v) is 6.42. The zero-order chi connectivity index (χ0) is 15.4. The lowest BCUT2D eigenvalue weighted by Crippen LogP contribution is -2.26. The van der Waals surface area contributed by atoms with Crippen LogP contribution in [-0.2, 0) is 6.54 Å². The number of halogens is 3. The summed E-state index contributed by atoms with van der Waals surface area (Å²) in [7, 11) is 0. The Kier molecular flexibility index (Phi) is 6.11. The van der Waals surface area contributed by atoms with E-state index in [2.05, 4.69) is 40.2 Å². The van der Waals surface area contributed by atoms with E-state index in [4.69, 9.17) is 23.2 Å². The maximum Gasteiger partial charge on any atom is 0.0837 e. The molecule has 21 heavy (non-hydrogen) atoms. The van der Waals surface area contributed by atoms with Crippen LogP contribution >= 0.6 is 39.1 Å². The molecule has 1 aromatic carbocycles. The molecule has 0 aliphatic carbocycles. The van der Waals surface area contributed by atoms with Gasteiger partial charge < -0.3 is 5.32 Å². The van der Waals surface area contributed by atoms with Crippen molar-refractivity contribution in [3.63, 3.8) is 0 Å². The summed E-state index contributed by atoms with van der Waals surface area (Å²) in [5, 5.41) is 9.22. The van der Waals surface area contributed by atoms with E-state index in [0.29, 0.717) is 10.0 Å². The van der Waals surface area contributed by atoms with E-state index in [1.807, 2.05) is 22.9 Å². The summed E-state index contributed by atoms with van der Waals surface area (Å²) in [5.41, 5.74) is 2.06. The van der Waals surface area contributed by atoms with Gasteiger partial charge in [0.25, 0.3) is 0 Å². The Hall–Kier alpha value is -0.550. The van der Waals surface area contributed by atoms with Crippen LogP contribution in [0.2, 0.25) is 10.0 Å². The third-order valence-electron chi connectivity index (χ3n) is 3.28. The highest BCUT2D eigenvalue weighted by atomic mass is 79.9. The van der Waals surface area contributed by atoms with Crippen molar-refractivity contribution in [2.24, 2.45) is 0 Å². The molecule has 1 atom stereocenters. The van der Waals surface area contributed by atoms with Gasteiger partial charge in [-0.25, -0.2) is 0 Å². The maximum absolute atomic E-state index is 6.35. The van der Waals surface area contributed by atoms with Crippen LogP contribution in [0.5, 0.6) is 0 Å². The van der Waals surface area contributed by atoms with E-state index in [1.54, 1.807) is 6.20 Å². The average Bonchev–Trinajstić information content (AvgIpc) is 2.84. The van der Waals surface area contributed by atoms with Crippen molar-refractivity contribution in [2.75, 3.05) is 6.54 Å². The second kappa shape index (κ2) is 7.63. The van der Waals surface area contributed by atoms with Gasteiger partial charge >= 0.3 is 0 Å². The summed E-state index contributed by atoms with van der Waals surface area (Å²) in [4.78, 5) is 0. The largest absolute Gasteiger partial charge is 0.305 e. The number of nitrogens with one attached hydrogen (secondary N) is 1. The lowest BCUT2D eigenvalue weighted by molar-refractivity contribution is 0.530. The monoisotopic (exact) mass is 389 g/mol. The lowest BCUT2D eigenvalue weighted by Gasteiger charge is -2.21. The standard InChI is InChI=1S/C15H18BrCl2N3/c1-3-7-19-14(10-5-6-11(16)12(17)8-10)15-13(18)9-20-21(15)4-2/h5-6,8-9,14,19H,3-4,7H2,1-2H3. The molecular weight excluding hydrogens is 373 g/mol. The maximum atomic E-state index is 6.35. The molecular formula is C15H18BrCl2N3. The first-order valence-corrected chi connectivity index (χ1v) is 8.52. The fourth-order valence-corrected chi connectivity index (χ4v) is 2.95. The number of rotatable bonds is 6. The van der Waals surface area contributed by atoms with Gasteiger partial charge in [0.1, 0.15) is 0 Å². The zero-order valence-corrected chi connectivity index (χ0v) is 15.1. The minimum Gasteiger partial charge on any atom is -0.305 e. The number of aryl methyl sites for hydroxylation is 1. The van der Waals surface area contributed by atoms with Crippen LogP contribution in [-0.4, -0.2) is 16.3 Å². The summed E-state index contributed by atoms with van der Waals surface area (Å²) in [6.07, 6.45) is 2.74. The highest BCUT2D eigenvalue weighted by Crippen LogP contribution is 2.32. The van der Waals surface area contributed by atoms with E-state index in [0.717, 1.165) is 35.2 Å². The van der Waals surface area contributed by atoms with E-state index in [-0.39, 0.29) is 6.04 Å². The molecule has 0 bridgehead atoms. The second-order valence-electron chi connectivity index (χ2n) is 4.75. The Labute approximate surface area is 143 Å². The molecule has 0 radical (unpaired) electrons. The van der Waals surface area contributed by atoms with Crippen LogP contribution in [0.3, 0.4) is 0 Å². The summed E-state index contributed by atoms with van der Waals surface area (Å²) < 4.78 is 2.81. The predicted molar refractivity (Wildman–Crippen MR) is 92.2 cm³/mol. The molecule has 2 rings (SSSR count). The van der Waals surface area contributed by atoms with Gasteiger partial charge in [0.05, 0.1) is 28.0 Å². The summed E-state index contributed by atoms with van der Waals surface area (Å²) in [6.45, 7) is 5.86. The van der Waals surface area contributed by atoms with Gasteiger partial charge in [0.15, 0.2) is 0 Å². The van der Waals surface area contributed by atoms with Crippen LogP contribution in [0.4, 0.5) is 0 Å². The first-order valence-electron chi connectivity index (χ1n) is 6.98. The number of hydrogen-bond acceptors (Lipinski definition) is 2. The Balaban J connectivity index is 2.46. The normalized spacial score (nSPS) is 12.6. The van der Waals surface area contributed by atoms with Crippen LogP contribution in [0.15, 0.2) is 28.9 Å². The number of benzene rings is 1. The van der Waals surface area contributed by atoms with Gasteiger partial charge in [-0.05, 0) is 53.5 Å². The van der Waals surface area contributed by atoms with Crippen molar-refractivity contribution in [3.8, 4) is 0 Å². The fourth-order valence-electron chi connectivity index (χ4n) is 2.26. The van der Waals surface area contributed by atoms with Crippen molar-refractivity contribution in [1.82, 2.24) is 15.1 Å². The summed E-state index contributed by atoms with van der Waals surface area (Å²) in [6, 6.07) is 5.94. The Morgan fingerprint density at radius 2 is 2.05 bits per heavy atom. The van der Waals surface area contributed by atoms with Crippen molar-refractivity contribution < 1.29 is 0 Å². The molecule has 0 saturated heterocycles. The highest BCUT2D eigenvalue weighted by Gasteiger charge is 2.21. The van der Waals surface area contributed by atoms with E-state index >= 15 is 0 Å². The van der Waals surface area contributed by atoms with Gasteiger partial charge in [-0.1, -0.05) is 36.2 Å². The lowest BCUT2D eigenvalue weighted by atomic mass is 10.0. The Morgan fingerprint density at radius 1 is 1.29 bits per heavy atom. The highest BCUT2D eigenvalue weighted by molar-refractivity contribution is 9.10. The van der Waals surface area contributed by atoms with Gasteiger partial charge in [-0.2, -0.15) is 5.10 Å². The van der Waals surface area contributed by atoms with E-state index in [1.165, 1.54) is 0 Å². The van der Waals surface area contributed by atoms with Crippen molar-refractivity contribution in [2.45, 2.75) is 32.9 Å². The molecule has 0 amide bonds. The molecule has 0 aliphatic heterocycles. The van der Waals surface area contributed by atoms with Gasteiger partial charge in [-0.3, -0.25) is 4.68 Å². The van der Waals surface area contributed by atoms with E-state index in [9.17, 15) is 0 Å². The number of nitrogens with zero attached hydrogens (tertiary/aromatic N) is 2. The van der Waals surface area contributed by atoms with Crippen molar-refractivity contribution >= 4 is 39.1 Å². The van der Waals surface area contributed by atoms with Gasteiger partial charge in [0, 0.05) is 11.0 Å². The molecule has 0 aliphatic rings. The third kappa shape index (κ3) is 3.81. The van der Waals surface area contributed by atoms with E-state index < -0.39 is 0 Å². The molecule has 114 valence electrons. The number of aromatic nitrogens is 2. The topological polar surface area (TPSA) is 29.9 Å². The predicted octanol–water partition coefficient (Wildman–Crippen LogP) is 5.06. The molecule has 3 nitrogen and oxygen atoms in total. The van der Waals surface area contributed by atoms with Crippen LogP contribution in [0.25, 0.3) is 0 Å². The smallest absolute Gasteiger partial charge is 0.0837 e. The molecule has 6 heteroatoms. The molecule has 1 unspecified atom stereocenters. The molecule has 1 N–H and O–H groups in total. The summed E-state index contributed by atoms with van der Waals surface area (Å²) in [5.74, 6) is 0. The molecule has 0 saturated carbocycles. The quantitative estimate of drug-likeness (QED) is 0.746. The summed E-state index contributed by atoms with van der Waals surface area (Å²) >= 11 is 16.0. The third-order valence-corrected chi connectivity index (χ3v) is 4.81. The minimum atomic E-state index is -0.0227. The van der Waals surface area contributed by atoms with Crippen LogP contribution < -0.4 is 5.32 Å². The first-order chi connectivity index (χ1) is 10.1. The molecule has 2 aromatic rings. The molecule has 0 fully saturated rings. The Morgan fingerprint density at radius 3 is 2.67 bits per heavy atom. The van der Waals surface area contributed by atoms with Crippen molar-refractivity contribution in [3.05, 3.63) is 50.2 Å². The van der Waals surface area contributed by atoms with Gasteiger partial charge in [0.2, 0.25) is 0 Å². The Bertz CT molecular complexity index is 613.